The quantitative estimate of drug-likeness (QED) is 0.624. The molecule has 0 fully saturated rings. The first-order valence-electron chi connectivity index (χ1n) is 8.18. The molecule has 0 bridgehead atoms. The molecule has 0 unspecified atom stereocenters. The van der Waals surface area contributed by atoms with Gasteiger partial charge in [-0.3, -0.25) is 0 Å². The molecule has 0 amide bonds. The zero-order valence-electron chi connectivity index (χ0n) is 14.7. The number of benzene rings is 2. The van der Waals surface area contributed by atoms with Gasteiger partial charge in [-0.05, 0) is 47.2 Å². The molecule has 0 saturated heterocycles. The highest BCUT2D eigenvalue weighted by atomic mass is 35.5. The van der Waals surface area contributed by atoms with Crippen LogP contribution in [0.2, 0.25) is 10.0 Å². The summed E-state index contributed by atoms with van der Waals surface area (Å²) in [7, 11) is 0. The maximum Gasteiger partial charge on any atom is 0.122 e. The van der Waals surface area contributed by atoms with Gasteiger partial charge in [0.25, 0.3) is 0 Å². The summed E-state index contributed by atoms with van der Waals surface area (Å²) < 4.78 is 0. The van der Waals surface area contributed by atoms with E-state index in [-0.39, 0.29) is 29.3 Å². The molecule has 0 atom stereocenters. The molecule has 2 N–H and O–H groups in total. The lowest BCUT2D eigenvalue weighted by Gasteiger charge is -2.21. The standard InChI is InChI=1S/C20H24Cl2O2/c1-10(2)15-6-13(21)8-17(19(15)23)12(5)18-9-14(22)7-16(11(3)4)20(18)24/h6-12,23-24H,1-5H3. The molecule has 2 rings (SSSR count). The van der Waals surface area contributed by atoms with Crippen molar-refractivity contribution in [3.8, 4) is 11.5 Å². The second-order valence-corrected chi connectivity index (χ2v) is 7.77. The van der Waals surface area contributed by atoms with E-state index in [1.54, 1.807) is 24.3 Å². The Hall–Kier alpha value is -1.38. The first kappa shape index (κ1) is 19.0. The van der Waals surface area contributed by atoms with Crippen molar-refractivity contribution in [1.29, 1.82) is 0 Å². The highest BCUT2D eigenvalue weighted by Crippen LogP contribution is 2.43. The van der Waals surface area contributed by atoms with Gasteiger partial charge in [-0.1, -0.05) is 57.8 Å². The summed E-state index contributed by atoms with van der Waals surface area (Å²) in [5.41, 5.74) is 2.99. The van der Waals surface area contributed by atoms with E-state index in [9.17, 15) is 10.2 Å². The molecule has 0 radical (unpaired) electrons. The minimum atomic E-state index is -0.239. The van der Waals surface area contributed by atoms with E-state index >= 15 is 0 Å². The monoisotopic (exact) mass is 366 g/mol. The Morgan fingerprint density at radius 1 is 0.625 bits per heavy atom. The van der Waals surface area contributed by atoms with Crippen molar-refractivity contribution in [2.24, 2.45) is 0 Å². The van der Waals surface area contributed by atoms with Gasteiger partial charge in [-0.25, -0.2) is 0 Å². The Labute approximate surface area is 154 Å². The van der Waals surface area contributed by atoms with Gasteiger partial charge in [0.15, 0.2) is 0 Å². The van der Waals surface area contributed by atoms with E-state index in [0.717, 1.165) is 11.1 Å². The zero-order valence-corrected chi connectivity index (χ0v) is 16.2. The Morgan fingerprint density at radius 3 is 1.21 bits per heavy atom. The van der Waals surface area contributed by atoms with Crippen molar-refractivity contribution in [2.45, 2.75) is 52.4 Å². The normalized spacial score (nSPS) is 11.8. The molecular weight excluding hydrogens is 343 g/mol. The Balaban J connectivity index is 2.64. The minimum Gasteiger partial charge on any atom is -0.507 e. The fraction of sp³-hybridized carbons (Fsp3) is 0.400. The van der Waals surface area contributed by atoms with Crippen molar-refractivity contribution in [3.63, 3.8) is 0 Å². The third-order valence-corrected chi connectivity index (χ3v) is 4.88. The van der Waals surface area contributed by atoms with Gasteiger partial charge in [0.2, 0.25) is 0 Å². The van der Waals surface area contributed by atoms with Crippen molar-refractivity contribution in [3.05, 3.63) is 56.6 Å². The van der Waals surface area contributed by atoms with Crippen LogP contribution in [-0.4, -0.2) is 10.2 Å². The molecule has 4 heteroatoms. The Bertz CT molecular complexity index is 688. The van der Waals surface area contributed by atoms with E-state index in [4.69, 9.17) is 23.2 Å². The molecule has 0 aromatic heterocycles. The predicted molar refractivity (Wildman–Crippen MR) is 102 cm³/mol. The van der Waals surface area contributed by atoms with Crippen LogP contribution in [0.25, 0.3) is 0 Å². The van der Waals surface area contributed by atoms with Crippen LogP contribution >= 0.6 is 23.2 Å². The SMILES string of the molecule is CC(C)c1cc(Cl)cc(C(C)c2cc(Cl)cc(C(C)C)c2O)c1O. The summed E-state index contributed by atoms with van der Waals surface area (Å²) in [6.07, 6.45) is 0. The van der Waals surface area contributed by atoms with Crippen LogP contribution in [0.3, 0.4) is 0 Å². The average molecular weight is 367 g/mol. The number of halogens is 2. The van der Waals surface area contributed by atoms with Crippen LogP contribution in [0.15, 0.2) is 24.3 Å². The molecule has 0 heterocycles. The Morgan fingerprint density at radius 2 is 0.917 bits per heavy atom. The van der Waals surface area contributed by atoms with Crippen LogP contribution < -0.4 is 0 Å². The lowest BCUT2D eigenvalue weighted by atomic mass is 9.86. The molecular formula is C20H24Cl2O2. The summed E-state index contributed by atoms with van der Waals surface area (Å²) in [6, 6.07) is 7.08. The lowest BCUT2D eigenvalue weighted by molar-refractivity contribution is 0.446. The molecule has 24 heavy (non-hydrogen) atoms. The minimum absolute atomic E-state index is 0.147. The van der Waals surface area contributed by atoms with Crippen molar-refractivity contribution < 1.29 is 10.2 Å². The topological polar surface area (TPSA) is 40.5 Å². The van der Waals surface area contributed by atoms with E-state index in [0.29, 0.717) is 21.2 Å². The molecule has 2 aromatic rings. The van der Waals surface area contributed by atoms with Gasteiger partial charge in [0.1, 0.15) is 11.5 Å². The fourth-order valence-electron chi connectivity index (χ4n) is 2.99. The van der Waals surface area contributed by atoms with Crippen LogP contribution in [0.5, 0.6) is 11.5 Å². The van der Waals surface area contributed by atoms with Crippen LogP contribution in [0, 0.1) is 0 Å². The summed E-state index contributed by atoms with van der Waals surface area (Å²) in [6.45, 7) is 9.97. The van der Waals surface area contributed by atoms with Crippen molar-refractivity contribution in [1.82, 2.24) is 0 Å². The number of phenolic OH excluding ortho intramolecular Hbond substituents is 2. The number of hydrogen-bond acceptors (Lipinski definition) is 2. The second-order valence-electron chi connectivity index (χ2n) is 6.90. The maximum atomic E-state index is 10.7. The summed E-state index contributed by atoms with van der Waals surface area (Å²) in [4.78, 5) is 0. The average Bonchev–Trinajstić information content (AvgIpc) is 2.49. The molecule has 0 aliphatic heterocycles. The van der Waals surface area contributed by atoms with E-state index in [2.05, 4.69) is 0 Å². The highest BCUT2D eigenvalue weighted by Gasteiger charge is 2.23. The fourth-order valence-corrected chi connectivity index (χ4v) is 3.46. The predicted octanol–water partition coefficient (Wildman–Crippen LogP) is 6.80. The first-order valence-corrected chi connectivity index (χ1v) is 8.93. The largest absolute Gasteiger partial charge is 0.507 e. The van der Waals surface area contributed by atoms with Crippen molar-refractivity contribution in [2.75, 3.05) is 0 Å². The summed E-state index contributed by atoms with van der Waals surface area (Å²) in [5, 5.41) is 22.5. The third kappa shape index (κ3) is 3.65. The summed E-state index contributed by atoms with van der Waals surface area (Å²) >= 11 is 12.5. The zero-order chi connectivity index (χ0) is 18.2. The smallest absolute Gasteiger partial charge is 0.122 e. The molecule has 0 saturated carbocycles. The van der Waals surface area contributed by atoms with E-state index in [1.165, 1.54) is 0 Å². The molecule has 2 nitrogen and oxygen atoms in total. The van der Waals surface area contributed by atoms with Crippen LogP contribution in [0.4, 0.5) is 0 Å². The maximum absolute atomic E-state index is 10.7. The first-order chi connectivity index (χ1) is 11.1. The third-order valence-electron chi connectivity index (χ3n) is 4.44. The van der Waals surface area contributed by atoms with Crippen LogP contribution in [0.1, 0.15) is 74.6 Å². The number of hydrogen-bond donors (Lipinski definition) is 2. The van der Waals surface area contributed by atoms with E-state index < -0.39 is 0 Å². The van der Waals surface area contributed by atoms with Gasteiger partial charge >= 0.3 is 0 Å². The Kier molecular flexibility index (Phi) is 5.72. The van der Waals surface area contributed by atoms with Gasteiger partial charge in [-0.15, -0.1) is 0 Å². The molecule has 130 valence electrons. The summed E-state index contributed by atoms with van der Waals surface area (Å²) in [5.74, 6) is 0.514. The second kappa shape index (κ2) is 7.25. The number of aromatic hydroxyl groups is 2. The molecule has 0 aliphatic rings. The van der Waals surface area contributed by atoms with Crippen molar-refractivity contribution >= 4 is 23.2 Å². The van der Waals surface area contributed by atoms with Gasteiger partial charge in [0.05, 0.1) is 0 Å². The lowest BCUT2D eigenvalue weighted by Crippen LogP contribution is -2.02. The van der Waals surface area contributed by atoms with E-state index in [1.807, 2.05) is 34.6 Å². The number of rotatable bonds is 4. The number of phenols is 2. The van der Waals surface area contributed by atoms with Gasteiger partial charge < -0.3 is 10.2 Å². The molecule has 0 aliphatic carbocycles. The van der Waals surface area contributed by atoms with Gasteiger partial charge in [0, 0.05) is 27.1 Å². The van der Waals surface area contributed by atoms with Crippen LogP contribution in [-0.2, 0) is 0 Å². The molecule has 0 spiro atoms. The van der Waals surface area contributed by atoms with Gasteiger partial charge in [-0.2, -0.15) is 0 Å². The highest BCUT2D eigenvalue weighted by molar-refractivity contribution is 6.31. The molecule has 2 aromatic carbocycles.